The third-order valence-corrected chi connectivity index (χ3v) is 1.55. The van der Waals surface area contributed by atoms with Crippen LogP contribution in [0, 0.1) is 0 Å². The van der Waals surface area contributed by atoms with E-state index in [9.17, 15) is 0 Å². The number of aliphatic hydroxyl groups is 1. The standard InChI is InChI=1S/C7H9O2.C5H5.2ClH.Zr/c8-5-6-9-7-3-1-2-4-7;1-2-4-5-3-1;;;/h1-4,8H,5-6H2;1-5H;2*1H;/q2*-1;;;+4/p-2. The van der Waals surface area contributed by atoms with Gasteiger partial charge in [0.2, 0.25) is 0 Å². The van der Waals surface area contributed by atoms with Crippen LogP contribution < -0.4 is 29.6 Å². The summed E-state index contributed by atoms with van der Waals surface area (Å²) in [6.45, 7) is 0.454. The van der Waals surface area contributed by atoms with Gasteiger partial charge in [-0.05, 0) is 0 Å². The van der Waals surface area contributed by atoms with Crippen LogP contribution in [-0.2, 0) is 26.2 Å². The molecule has 17 heavy (non-hydrogen) atoms. The van der Waals surface area contributed by atoms with E-state index >= 15 is 0 Å². The zero-order valence-corrected chi connectivity index (χ0v) is 13.2. The van der Waals surface area contributed by atoms with Crippen molar-refractivity contribution in [2.45, 2.75) is 0 Å². The van der Waals surface area contributed by atoms with E-state index in [2.05, 4.69) is 0 Å². The van der Waals surface area contributed by atoms with Crippen LogP contribution in [-0.4, -0.2) is 18.3 Å². The van der Waals surface area contributed by atoms with Gasteiger partial charge in [0.25, 0.3) is 0 Å². The molecule has 1 N–H and O–H groups in total. The number of hydrogen-bond acceptors (Lipinski definition) is 2. The molecule has 0 fully saturated rings. The fourth-order valence-corrected chi connectivity index (χ4v) is 0.937. The van der Waals surface area contributed by atoms with Gasteiger partial charge >= 0.3 is 26.2 Å². The van der Waals surface area contributed by atoms with E-state index in [1.807, 2.05) is 54.6 Å². The first kappa shape index (κ1) is 22.1. The Morgan fingerprint density at radius 2 is 1.53 bits per heavy atom. The Morgan fingerprint density at radius 1 is 1.00 bits per heavy atom. The molecule has 0 spiro atoms. The van der Waals surface area contributed by atoms with Gasteiger partial charge in [-0.15, -0.1) is 12.1 Å². The zero-order chi connectivity index (χ0) is 10.1. The molecule has 0 aliphatic rings. The third-order valence-electron chi connectivity index (χ3n) is 1.55. The molecule has 0 atom stereocenters. The van der Waals surface area contributed by atoms with Gasteiger partial charge in [0.15, 0.2) is 0 Å². The van der Waals surface area contributed by atoms with E-state index in [1.54, 1.807) is 0 Å². The zero-order valence-electron chi connectivity index (χ0n) is 9.22. The van der Waals surface area contributed by atoms with E-state index in [4.69, 9.17) is 9.84 Å². The van der Waals surface area contributed by atoms with Crippen molar-refractivity contribution in [3.63, 3.8) is 0 Å². The summed E-state index contributed by atoms with van der Waals surface area (Å²) in [7, 11) is 0. The molecule has 2 nitrogen and oxygen atoms in total. The minimum Gasteiger partial charge on any atom is -1.00 e. The molecule has 0 saturated carbocycles. The van der Waals surface area contributed by atoms with Crippen molar-refractivity contribution in [2.24, 2.45) is 0 Å². The maximum absolute atomic E-state index is 8.34. The molecule has 0 aliphatic heterocycles. The van der Waals surface area contributed by atoms with Crippen LogP contribution in [0.25, 0.3) is 0 Å². The quantitative estimate of drug-likeness (QED) is 0.574. The second-order valence-electron chi connectivity index (χ2n) is 2.65. The molecule has 5 heteroatoms. The van der Waals surface area contributed by atoms with Gasteiger partial charge in [-0.2, -0.15) is 18.2 Å². The monoisotopic (exact) mass is 350 g/mol. The summed E-state index contributed by atoms with van der Waals surface area (Å²) >= 11 is 0. The Kier molecular flexibility index (Phi) is 20.7. The number of aliphatic hydroxyl groups excluding tert-OH is 1. The van der Waals surface area contributed by atoms with E-state index < -0.39 is 0 Å². The topological polar surface area (TPSA) is 29.5 Å². The van der Waals surface area contributed by atoms with Gasteiger partial charge in [-0.1, -0.05) is 0 Å². The van der Waals surface area contributed by atoms with Crippen LogP contribution in [0.15, 0.2) is 54.6 Å². The minimum atomic E-state index is 0. The van der Waals surface area contributed by atoms with Crippen molar-refractivity contribution >= 4 is 0 Å². The predicted octanol–water partition coefficient (Wildman–Crippen LogP) is -3.81. The fourth-order valence-electron chi connectivity index (χ4n) is 0.937. The molecule has 2 rings (SSSR count). The van der Waals surface area contributed by atoms with E-state index in [-0.39, 0.29) is 57.6 Å². The molecule has 2 aromatic rings. The van der Waals surface area contributed by atoms with Gasteiger partial charge < -0.3 is 34.7 Å². The molecule has 0 amide bonds. The smallest absolute Gasteiger partial charge is 1.00 e. The maximum Gasteiger partial charge on any atom is 4.00 e. The Balaban J connectivity index is -0.000000216. The fraction of sp³-hybridized carbons (Fsp3) is 0.167. The third kappa shape index (κ3) is 12.2. The van der Waals surface area contributed by atoms with Crippen molar-refractivity contribution in [1.82, 2.24) is 0 Å². The van der Waals surface area contributed by atoms with Gasteiger partial charge in [-0.25, -0.2) is 24.3 Å². The van der Waals surface area contributed by atoms with Gasteiger partial charge in [-0.3, -0.25) is 0 Å². The Morgan fingerprint density at radius 3 is 1.88 bits per heavy atom. The Labute approximate surface area is 134 Å². The summed E-state index contributed by atoms with van der Waals surface area (Å²) < 4.78 is 5.05. The Bertz CT molecular complexity index is 279. The van der Waals surface area contributed by atoms with E-state index in [0.29, 0.717) is 6.61 Å². The normalized spacial score (nSPS) is 7.35. The molecule has 0 aliphatic carbocycles. The summed E-state index contributed by atoms with van der Waals surface area (Å²) in [6, 6.07) is 17.5. The average Bonchev–Trinajstić information content (AvgIpc) is 2.90. The van der Waals surface area contributed by atoms with E-state index in [1.165, 1.54) is 0 Å². The van der Waals surface area contributed by atoms with Gasteiger partial charge in [0.05, 0.1) is 13.2 Å². The number of rotatable bonds is 3. The number of hydrogen-bond donors (Lipinski definition) is 1. The van der Waals surface area contributed by atoms with Crippen LogP contribution in [0.1, 0.15) is 0 Å². The van der Waals surface area contributed by atoms with Gasteiger partial charge in [0.1, 0.15) is 0 Å². The predicted molar refractivity (Wildman–Crippen MR) is 56.7 cm³/mol. The average molecular weight is 352 g/mol. The molecule has 2 aromatic carbocycles. The molecule has 0 aromatic heterocycles. The summed E-state index contributed by atoms with van der Waals surface area (Å²) in [5.41, 5.74) is 0. The first-order chi connectivity index (χ1) is 6.93. The van der Waals surface area contributed by atoms with Crippen LogP contribution in [0.5, 0.6) is 5.75 Å². The summed E-state index contributed by atoms with van der Waals surface area (Å²) in [5, 5.41) is 8.34. The largest absolute Gasteiger partial charge is 4.00 e. The summed E-state index contributed by atoms with van der Waals surface area (Å²) in [6.07, 6.45) is 0. The van der Waals surface area contributed by atoms with Crippen LogP contribution in [0.3, 0.4) is 0 Å². The van der Waals surface area contributed by atoms with Crippen molar-refractivity contribution in [3.8, 4) is 5.75 Å². The van der Waals surface area contributed by atoms with E-state index in [0.717, 1.165) is 5.75 Å². The minimum absolute atomic E-state index is 0. The second-order valence-corrected chi connectivity index (χ2v) is 2.65. The van der Waals surface area contributed by atoms with Crippen molar-refractivity contribution in [2.75, 3.05) is 13.2 Å². The SMILES string of the molecule is OCCO[c-]1cccc1.[Cl-].[Cl-].[Zr+4].c1cc[cH-]c1. The molecule has 0 bridgehead atoms. The molecule has 0 radical (unpaired) electrons. The summed E-state index contributed by atoms with van der Waals surface area (Å²) in [4.78, 5) is 0. The van der Waals surface area contributed by atoms with Crippen molar-refractivity contribution < 1.29 is 60.9 Å². The molecular weight excluding hydrogens is 338 g/mol. The maximum atomic E-state index is 8.34. The number of ether oxygens (including phenoxy) is 1. The summed E-state index contributed by atoms with van der Waals surface area (Å²) in [5.74, 6) is 0.823. The van der Waals surface area contributed by atoms with Crippen LogP contribution in [0.2, 0.25) is 0 Å². The van der Waals surface area contributed by atoms with Crippen LogP contribution in [0.4, 0.5) is 0 Å². The molecule has 92 valence electrons. The van der Waals surface area contributed by atoms with Crippen molar-refractivity contribution in [1.29, 1.82) is 0 Å². The molecule has 0 saturated heterocycles. The van der Waals surface area contributed by atoms with Crippen LogP contribution >= 0.6 is 0 Å². The first-order valence-corrected chi connectivity index (χ1v) is 4.55. The molecule has 0 heterocycles. The Hall–Kier alpha value is -0.0769. The van der Waals surface area contributed by atoms with Gasteiger partial charge in [0, 0.05) is 5.75 Å². The van der Waals surface area contributed by atoms with Crippen molar-refractivity contribution in [3.05, 3.63) is 54.6 Å². The first-order valence-electron chi connectivity index (χ1n) is 4.55. The number of halogens is 2. The molecule has 0 unspecified atom stereocenters. The second kappa shape index (κ2) is 15.9. The molecular formula is C12H14Cl2O2Zr.